The van der Waals surface area contributed by atoms with Gasteiger partial charge in [0.15, 0.2) is 0 Å². The van der Waals surface area contributed by atoms with Crippen molar-refractivity contribution in [3.63, 3.8) is 0 Å². The van der Waals surface area contributed by atoms with Gasteiger partial charge in [0.25, 0.3) is 5.91 Å². The molecule has 1 aliphatic heterocycles. The van der Waals surface area contributed by atoms with E-state index in [1.54, 1.807) is 0 Å². The number of ether oxygens (including phenoxy) is 1. The van der Waals surface area contributed by atoms with Crippen LogP contribution in [0.5, 0.6) is 5.75 Å². The third kappa shape index (κ3) is 3.76. The van der Waals surface area contributed by atoms with Gasteiger partial charge in [-0.1, -0.05) is 0 Å². The minimum Gasteiger partial charge on any atom is -0.497 e. The van der Waals surface area contributed by atoms with Gasteiger partial charge in [-0.25, -0.2) is 8.78 Å². The fourth-order valence-corrected chi connectivity index (χ4v) is 2.51. The number of carbonyl (C=O) groups is 2. The van der Waals surface area contributed by atoms with Crippen molar-refractivity contribution in [3.05, 3.63) is 29.3 Å². The third-order valence-electron chi connectivity index (χ3n) is 3.82. The topological polar surface area (TPSA) is 78.9 Å². The lowest BCUT2D eigenvalue weighted by Crippen LogP contribution is -2.55. The highest BCUT2D eigenvalue weighted by Gasteiger charge is 2.31. The van der Waals surface area contributed by atoms with Gasteiger partial charge < -0.3 is 20.1 Å². The summed E-state index contributed by atoms with van der Waals surface area (Å²) in [7, 11) is 1.26. The number of nitrogens with one attached hydrogen (secondary N) is 1. The highest BCUT2D eigenvalue weighted by atomic mass is 19.1. The number of β-amino-alcohol motifs (C(OH)–C–C–N with tert-alkyl or cyclic N) is 1. The molecule has 2 atom stereocenters. The monoisotopic (exact) mass is 328 g/mol. The molecule has 6 nitrogen and oxygen atoms in total. The maximum Gasteiger partial charge on any atom is 0.257 e. The number of hydrogen-bond donors (Lipinski definition) is 2. The van der Waals surface area contributed by atoms with Crippen molar-refractivity contribution < 1.29 is 28.2 Å². The molecule has 126 valence electrons. The second kappa shape index (κ2) is 6.91. The van der Waals surface area contributed by atoms with Crippen LogP contribution in [0.4, 0.5) is 8.78 Å². The van der Waals surface area contributed by atoms with Crippen LogP contribution in [0.25, 0.3) is 0 Å². The van der Waals surface area contributed by atoms with Gasteiger partial charge in [0.05, 0.1) is 19.3 Å². The molecule has 0 radical (unpaired) electrons. The molecule has 0 aromatic heterocycles. The van der Waals surface area contributed by atoms with Crippen LogP contribution in [0.2, 0.25) is 0 Å². The Hall–Kier alpha value is -2.22. The average Bonchev–Trinajstić information content (AvgIpc) is 2.48. The van der Waals surface area contributed by atoms with Crippen molar-refractivity contribution in [3.8, 4) is 5.75 Å². The van der Waals surface area contributed by atoms with Crippen LogP contribution in [-0.4, -0.2) is 54.2 Å². The molecular weight excluding hydrogens is 310 g/mol. The van der Waals surface area contributed by atoms with E-state index in [2.05, 4.69) is 5.32 Å². The number of nitrogens with zero attached hydrogens (tertiary/aromatic N) is 1. The van der Waals surface area contributed by atoms with Crippen LogP contribution in [0.15, 0.2) is 12.1 Å². The van der Waals surface area contributed by atoms with Crippen LogP contribution in [0.1, 0.15) is 23.7 Å². The number of methoxy groups -OCH3 is 1. The summed E-state index contributed by atoms with van der Waals surface area (Å²) in [6, 6.07) is 1.14. The Morgan fingerprint density at radius 3 is 2.43 bits per heavy atom. The van der Waals surface area contributed by atoms with Crippen LogP contribution in [0.3, 0.4) is 0 Å². The molecule has 1 aromatic rings. The van der Waals surface area contributed by atoms with E-state index in [1.807, 2.05) is 0 Å². The molecule has 1 aromatic carbocycles. The predicted molar refractivity (Wildman–Crippen MR) is 77.0 cm³/mol. The molecule has 23 heavy (non-hydrogen) atoms. The normalized spacial score (nSPS) is 21.0. The first-order valence-corrected chi connectivity index (χ1v) is 7.11. The summed E-state index contributed by atoms with van der Waals surface area (Å²) in [6.07, 6.45) is -0.702. The molecule has 2 rings (SSSR count). The van der Waals surface area contributed by atoms with Crippen molar-refractivity contribution in [2.24, 2.45) is 0 Å². The fourth-order valence-electron chi connectivity index (χ4n) is 2.51. The van der Waals surface area contributed by atoms with E-state index in [-0.39, 0.29) is 18.2 Å². The summed E-state index contributed by atoms with van der Waals surface area (Å²) in [5, 5.41) is 12.4. The second-order valence-electron chi connectivity index (χ2n) is 5.37. The Morgan fingerprint density at radius 2 is 1.96 bits per heavy atom. The zero-order chi connectivity index (χ0) is 17.1. The molecule has 8 heteroatoms. The number of amides is 2. The van der Waals surface area contributed by atoms with Crippen LogP contribution in [-0.2, 0) is 4.79 Å². The molecule has 1 saturated heterocycles. The van der Waals surface area contributed by atoms with Gasteiger partial charge in [0, 0.05) is 32.1 Å². The van der Waals surface area contributed by atoms with Crippen molar-refractivity contribution in [1.82, 2.24) is 10.2 Å². The lowest BCUT2D eigenvalue weighted by atomic mass is 10.0. The van der Waals surface area contributed by atoms with Gasteiger partial charge >= 0.3 is 0 Å². The van der Waals surface area contributed by atoms with E-state index >= 15 is 0 Å². The summed E-state index contributed by atoms with van der Waals surface area (Å²) >= 11 is 0. The summed E-state index contributed by atoms with van der Waals surface area (Å²) < 4.78 is 32.5. The van der Waals surface area contributed by atoms with Gasteiger partial charge in [0.2, 0.25) is 5.91 Å². The van der Waals surface area contributed by atoms with E-state index in [4.69, 9.17) is 4.74 Å². The van der Waals surface area contributed by atoms with Crippen molar-refractivity contribution in [2.75, 3.05) is 20.2 Å². The summed E-state index contributed by atoms with van der Waals surface area (Å²) in [5.74, 6) is -3.26. The van der Waals surface area contributed by atoms with Crippen LogP contribution < -0.4 is 10.1 Å². The smallest absolute Gasteiger partial charge is 0.257 e. The molecule has 2 amide bonds. The zero-order valence-electron chi connectivity index (χ0n) is 12.8. The lowest BCUT2D eigenvalue weighted by molar-refractivity contribution is -0.132. The number of rotatable bonds is 3. The number of likely N-dealkylation sites (tertiary alicyclic amines) is 1. The van der Waals surface area contributed by atoms with E-state index in [1.165, 1.54) is 18.9 Å². The maximum atomic E-state index is 13.9. The standard InChI is InChI=1S/C15H18F2N2O4/c1-8(20)19-4-3-12(13(21)7-19)18-15(22)14-10(16)5-9(23-2)6-11(14)17/h5-6,12-13,21H,3-4,7H2,1-2H3,(H,18,22)/t12-,13-/m1/s1. The fraction of sp³-hybridized carbons (Fsp3) is 0.467. The van der Waals surface area contributed by atoms with Gasteiger partial charge in [-0.15, -0.1) is 0 Å². The van der Waals surface area contributed by atoms with Gasteiger partial charge in [0.1, 0.15) is 22.9 Å². The van der Waals surface area contributed by atoms with Gasteiger partial charge in [-0.2, -0.15) is 0 Å². The Kier molecular flexibility index (Phi) is 5.15. The number of hydrogen-bond acceptors (Lipinski definition) is 4. The predicted octanol–water partition coefficient (Wildman–Crippen LogP) is 0.685. The Morgan fingerprint density at radius 1 is 1.35 bits per heavy atom. The molecule has 0 bridgehead atoms. The molecule has 0 spiro atoms. The number of piperidine rings is 1. The molecular formula is C15H18F2N2O4. The summed E-state index contributed by atoms with van der Waals surface area (Å²) in [4.78, 5) is 24.8. The van der Waals surface area contributed by atoms with Crippen LogP contribution in [0, 0.1) is 11.6 Å². The van der Waals surface area contributed by atoms with Gasteiger partial charge in [-0.3, -0.25) is 9.59 Å². The van der Waals surface area contributed by atoms with Crippen molar-refractivity contribution in [1.29, 1.82) is 0 Å². The zero-order valence-corrected chi connectivity index (χ0v) is 12.8. The van der Waals surface area contributed by atoms with E-state index in [0.29, 0.717) is 13.0 Å². The number of aliphatic hydroxyl groups is 1. The molecule has 2 N–H and O–H groups in total. The molecule has 1 heterocycles. The van der Waals surface area contributed by atoms with Crippen molar-refractivity contribution >= 4 is 11.8 Å². The van der Waals surface area contributed by atoms with Gasteiger partial charge in [-0.05, 0) is 6.42 Å². The van der Waals surface area contributed by atoms with Crippen LogP contribution >= 0.6 is 0 Å². The highest BCUT2D eigenvalue weighted by Crippen LogP contribution is 2.21. The first-order valence-electron chi connectivity index (χ1n) is 7.11. The quantitative estimate of drug-likeness (QED) is 0.855. The van der Waals surface area contributed by atoms with E-state index < -0.39 is 35.3 Å². The number of aliphatic hydroxyl groups excluding tert-OH is 1. The van der Waals surface area contributed by atoms with E-state index in [0.717, 1.165) is 12.1 Å². The Bertz CT molecular complexity index is 600. The molecule has 0 saturated carbocycles. The Balaban J connectivity index is 2.10. The number of halogens is 2. The minimum atomic E-state index is -1.05. The molecule has 0 aliphatic carbocycles. The second-order valence-corrected chi connectivity index (χ2v) is 5.37. The summed E-state index contributed by atoms with van der Waals surface area (Å²) in [5.41, 5.74) is -0.730. The van der Waals surface area contributed by atoms with E-state index in [9.17, 15) is 23.5 Å². The highest BCUT2D eigenvalue weighted by molar-refractivity contribution is 5.95. The third-order valence-corrected chi connectivity index (χ3v) is 3.82. The largest absolute Gasteiger partial charge is 0.497 e. The Labute approximate surface area is 132 Å². The SMILES string of the molecule is COc1cc(F)c(C(=O)N[C@@H]2CCN(C(C)=O)C[C@H]2O)c(F)c1. The number of benzene rings is 1. The molecule has 1 aliphatic rings. The molecule has 1 fully saturated rings. The average molecular weight is 328 g/mol. The number of carbonyl (C=O) groups excluding carboxylic acids is 2. The minimum absolute atomic E-state index is 0.0358. The molecule has 0 unspecified atom stereocenters. The maximum absolute atomic E-state index is 13.9. The first kappa shape index (κ1) is 17.1. The lowest BCUT2D eigenvalue weighted by Gasteiger charge is -2.35. The first-order chi connectivity index (χ1) is 10.8. The summed E-state index contributed by atoms with van der Waals surface area (Å²) in [6.45, 7) is 1.80. The van der Waals surface area contributed by atoms with Crippen molar-refractivity contribution in [2.45, 2.75) is 25.5 Å².